The maximum Gasteiger partial charge on any atom is 0.409 e. The topological polar surface area (TPSA) is 95.1 Å². The number of nitrogens with one attached hydrogen (secondary N) is 1. The first-order valence-corrected chi connectivity index (χ1v) is 12.1. The maximum absolute atomic E-state index is 13.2. The number of urea groups is 1. The molecule has 0 bridgehead atoms. The lowest BCUT2D eigenvalue weighted by atomic mass is 9.81. The number of rotatable bonds is 3. The molecule has 5 rings (SSSR count). The summed E-state index contributed by atoms with van der Waals surface area (Å²) >= 11 is 7.59. The molecule has 2 saturated heterocycles. The van der Waals surface area contributed by atoms with Crippen LogP contribution in [0.4, 0.5) is 20.4 Å². The number of hydrogen-bond donors (Lipinski definition) is 1. The molecule has 11 heteroatoms. The van der Waals surface area contributed by atoms with Crippen molar-refractivity contribution in [1.82, 2.24) is 14.8 Å². The number of methoxy groups -OCH3 is 1. The minimum absolute atomic E-state index is 0.0631. The fourth-order valence-electron chi connectivity index (χ4n) is 4.77. The Balaban J connectivity index is 1.32. The molecule has 0 radical (unpaired) electrons. The second kappa shape index (κ2) is 8.49. The molecule has 3 aliphatic heterocycles. The minimum atomic E-state index is -0.399. The van der Waals surface area contributed by atoms with Gasteiger partial charge >= 0.3 is 12.1 Å². The van der Waals surface area contributed by atoms with E-state index < -0.39 is 5.41 Å². The van der Waals surface area contributed by atoms with Crippen molar-refractivity contribution in [2.45, 2.75) is 24.7 Å². The van der Waals surface area contributed by atoms with E-state index in [0.717, 1.165) is 30.8 Å². The Morgan fingerprint density at radius 2 is 2.03 bits per heavy atom. The minimum Gasteiger partial charge on any atom is -0.453 e. The molecule has 2 aromatic rings. The average molecular weight is 490 g/mol. The van der Waals surface area contributed by atoms with Gasteiger partial charge in [-0.25, -0.2) is 14.6 Å². The zero-order valence-electron chi connectivity index (χ0n) is 18.2. The maximum atomic E-state index is 13.2. The van der Waals surface area contributed by atoms with Crippen LogP contribution in [0, 0.1) is 0 Å². The van der Waals surface area contributed by atoms with Crippen LogP contribution < -0.4 is 10.2 Å². The Labute approximate surface area is 200 Å². The lowest BCUT2D eigenvalue weighted by Gasteiger charge is -2.30. The van der Waals surface area contributed by atoms with E-state index in [-0.39, 0.29) is 24.5 Å². The first-order chi connectivity index (χ1) is 15.9. The number of hydrogen-bond acceptors (Lipinski definition) is 6. The molecular formula is C22H24ClN5O4S. The van der Waals surface area contributed by atoms with Crippen molar-refractivity contribution >= 4 is 51.8 Å². The van der Waals surface area contributed by atoms with Crippen LogP contribution in [0.1, 0.15) is 24.1 Å². The van der Waals surface area contributed by atoms with E-state index in [1.54, 1.807) is 21.2 Å². The standard InChI is InChI=1S/C22H24ClN5O4S/c1-32-21(31)27-8-5-22(12-27)13-28(17-4-3-14(23)9-16(17)22)20(30)25-19-24-15(11-33-19)10-18(29)26-6-2-7-26/h3-4,9,11H,2,5-8,10,12-13H2,1H3,(H,24,25,30). The summed E-state index contributed by atoms with van der Waals surface area (Å²) in [6.45, 7) is 3.04. The molecule has 1 N–H and O–H groups in total. The zero-order chi connectivity index (χ0) is 23.2. The van der Waals surface area contributed by atoms with Gasteiger partial charge in [0.25, 0.3) is 0 Å². The molecule has 9 nitrogen and oxygen atoms in total. The molecule has 1 unspecified atom stereocenters. The molecule has 4 amide bonds. The van der Waals surface area contributed by atoms with E-state index in [1.165, 1.54) is 18.4 Å². The summed E-state index contributed by atoms with van der Waals surface area (Å²) in [7, 11) is 1.37. The number of benzene rings is 1. The fraction of sp³-hybridized carbons (Fsp3) is 0.455. The van der Waals surface area contributed by atoms with Crippen molar-refractivity contribution in [2.24, 2.45) is 0 Å². The molecule has 0 saturated carbocycles. The molecule has 1 atom stereocenters. The predicted octanol–water partition coefficient (Wildman–Crippen LogP) is 3.33. The molecule has 0 aliphatic carbocycles. The molecule has 4 heterocycles. The SMILES string of the molecule is COC(=O)N1CCC2(C1)CN(C(=O)Nc1nc(CC(=O)N3CCC3)cs1)c1ccc(Cl)cc12. The van der Waals surface area contributed by atoms with Crippen molar-refractivity contribution in [1.29, 1.82) is 0 Å². The van der Waals surface area contributed by atoms with Crippen molar-refractivity contribution in [3.8, 4) is 0 Å². The summed E-state index contributed by atoms with van der Waals surface area (Å²) in [5.41, 5.74) is 1.98. The molecule has 1 aromatic carbocycles. The average Bonchev–Trinajstić information content (AvgIpc) is 3.45. The third kappa shape index (κ3) is 4.02. The smallest absolute Gasteiger partial charge is 0.409 e. The zero-order valence-corrected chi connectivity index (χ0v) is 19.7. The normalized spacial score (nSPS) is 21.2. The summed E-state index contributed by atoms with van der Waals surface area (Å²) in [6, 6.07) is 5.18. The van der Waals surface area contributed by atoms with Gasteiger partial charge in [0.1, 0.15) is 0 Å². The van der Waals surface area contributed by atoms with Crippen LogP contribution in [0.15, 0.2) is 23.6 Å². The van der Waals surface area contributed by atoms with E-state index in [0.29, 0.717) is 41.9 Å². The molecule has 3 aliphatic rings. The van der Waals surface area contributed by atoms with Crippen LogP contribution in [0.2, 0.25) is 5.02 Å². The number of halogens is 1. The Morgan fingerprint density at radius 1 is 1.21 bits per heavy atom. The van der Waals surface area contributed by atoms with E-state index in [1.807, 2.05) is 17.0 Å². The number of amides is 4. The van der Waals surface area contributed by atoms with Gasteiger partial charge in [0.15, 0.2) is 5.13 Å². The highest BCUT2D eigenvalue weighted by molar-refractivity contribution is 7.14. The summed E-state index contributed by atoms with van der Waals surface area (Å²) in [4.78, 5) is 47.1. The Hall–Kier alpha value is -2.85. The summed E-state index contributed by atoms with van der Waals surface area (Å²) in [5.74, 6) is 0.0631. The van der Waals surface area contributed by atoms with Gasteiger partial charge in [-0.3, -0.25) is 15.0 Å². The second-order valence-electron chi connectivity index (χ2n) is 8.65. The molecule has 1 aromatic heterocycles. The summed E-state index contributed by atoms with van der Waals surface area (Å²) in [6.07, 6.45) is 1.62. The van der Waals surface area contributed by atoms with Gasteiger partial charge in [-0.05, 0) is 36.6 Å². The first kappa shape index (κ1) is 22.0. The predicted molar refractivity (Wildman–Crippen MR) is 125 cm³/mol. The van der Waals surface area contributed by atoms with E-state index >= 15 is 0 Å². The number of ether oxygens (including phenoxy) is 1. The molecule has 33 heavy (non-hydrogen) atoms. The van der Waals surface area contributed by atoms with Crippen LogP contribution >= 0.6 is 22.9 Å². The van der Waals surface area contributed by atoms with Gasteiger partial charge < -0.3 is 14.5 Å². The molecule has 174 valence electrons. The number of fused-ring (bicyclic) bond motifs is 2. The number of likely N-dealkylation sites (tertiary alicyclic amines) is 2. The van der Waals surface area contributed by atoms with Crippen molar-refractivity contribution < 1.29 is 19.1 Å². The van der Waals surface area contributed by atoms with Crippen molar-refractivity contribution in [3.05, 3.63) is 39.9 Å². The van der Waals surface area contributed by atoms with Crippen molar-refractivity contribution in [2.75, 3.05) is 50.1 Å². The van der Waals surface area contributed by atoms with Crippen LogP contribution in [0.3, 0.4) is 0 Å². The third-order valence-corrected chi connectivity index (χ3v) is 7.66. The summed E-state index contributed by atoms with van der Waals surface area (Å²) < 4.78 is 4.89. The Bertz CT molecular complexity index is 1120. The number of thiazole rings is 1. The summed E-state index contributed by atoms with van der Waals surface area (Å²) in [5, 5.41) is 5.71. The van der Waals surface area contributed by atoms with Gasteiger partial charge in [0.2, 0.25) is 5.91 Å². The number of nitrogens with zero attached hydrogens (tertiary/aromatic N) is 4. The third-order valence-electron chi connectivity index (χ3n) is 6.62. The number of aromatic nitrogens is 1. The lowest BCUT2D eigenvalue weighted by Crippen LogP contribution is -2.42. The van der Waals surface area contributed by atoms with Crippen LogP contribution in [-0.2, 0) is 21.4 Å². The molecule has 1 spiro atoms. The fourth-order valence-corrected chi connectivity index (χ4v) is 5.64. The first-order valence-electron chi connectivity index (χ1n) is 10.8. The van der Waals surface area contributed by atoms with Crippen LogP contribution in [-0.4, -0.2) is 72.6 Å². The number of carbonyl (C=O) groups excluding carboxylic acids is 3. The van der Waals surface area contributed by atoms with Crippen LogP contribution in [0.5, 0.6) is 0 Å². The second-order valence-corrected chi connectivity index (χ2v) is 9.95. The van der Waals surface area contributed by atoms with Gasteiger partial charge in [-0.1, -0.05) is 11.6 Å². The Morgan fingerprint density at radius 3 is 2.76 bits per heavy atom. The Kier molecular flexibility index (Phi) is 5.65. The monoisotopic (exact) mass is 489 g/mol. The van der Waals surface area contributed by atoms with Gasteiger partial charge in [0.05, 0.1) is 19.2 Å². The van der Waals surface area contributed by atoms with Crippen molar-refractivity contribution in [3.63, 3.8) is 0 Å². The van der Waals surface area contributed by atoms with Gasteiger partial charge in [-0.2, -0.15) is 0 Å². The highest BCUT2D eigenvalue weighted by Gasteiger charge is 2.50. The highest BCUT2D eigenvalue weighted by atomic mass is 35.5. The molecular weight excluding hydrogens is 466 g/mol. The van der Waals surface area contributed by atoms with Gasteiger partial charge in [0, 0.05) is 54.2 Å². The number of anilines is 2. The van der Waals surface area contributed by atoms with Gasteiger partial charge in [-0.15, -0.1) is 11.3 Å². The highest BCUT2D eigenvalue weighted by Crippen LogP contribution is 2.47. The number of carbonyl (C=O) groups is 3. The largest absolute Gasteiger partial charge is 0.453 e. The molecule has 2 fully saturated rings. The van der Waals surface area contributed by atoms with Crippen LogP contribution in [0.25, 0.3) is 0 Å². The quantitative estimate of drug-likeness (QED) is 0.713. The van der Waals surface area contributed by atoms with E-state index in [4.69, 9.17) is 16.3 Å². The van der Waals surface area contributed by atoms with E-state index in [2.05, 4.69) is 10.3 Å². The lowest BCUT2D eigenvalue weighted by molar-refractivity contribution is -0.133. The van der Waals surface area contributed by atoms with E-state index in [9.17, 15) is 14.4 Å².